The predicted molar refractivity (Wildman–Crippen MR) is 159 cm³/mol. The average Bonchev–Trinajstić information content (AvgIpc) is 3.71. The molecule has 1 aliphatic heterocycles. The van der Waals surface area contributed by atoms with Gasteiger partial charge in [-0.25, -0.2) is 13.8 Å². The molecule has 1 aliphatic carbocycles. The molecule has 1 aromatic carbocycles. The van der Waals surface area contributed by atoms with E-state index in [0.29, 0.717) is 27.1 Å². The number of nitrogen functional groups attached to an aromatic ring is 1. The van der Waals surface area contributed by atoms with Crippen molar-refractivity contribution in [1.82, 2.24) is 35.0 Å². The van der Waals surface area contributed by atoms with Crippen molar-refractivity contribution >= 4 is 45.0 Å². The summed E-state index contributed by atoms with van der Waals surface area (Å²) in [6, 6.07) is 2.40. The van der Waals surface area contributed by atoms with Crippen molar-refractivity contribution < 1.29 is 13.5 Å². The number of rotatable bonds is 8. The topological polar surface area (TPSA) is 151 Å². The second-order valence-electron chi connectivity index (χ2n) is 11.2. The van der Waals surface area contributed by atoms with Crippen molar-refractivity contribution in [2.75, 3.05) is 31.2 Å². The Balaban J connectivity index is 1.41. The monoisotopic (exact) mass is 607 g/mol. The highest BCUT2D eigenvalue weighted by Crippen LogP contribution is 2.50. The maximum Gasteiger partial charge on any atom is 0.319 e. The quantitative estimate of drug-likeness (QED) is 0.193. The predicted octanol–water partition coefficient (Wildman–Crippen LogP) is 4.90. The van der Waals surface area contributed by atoms with Crippen LogP contribution in [0, 0.1) is 11.6 Å². The minimum atomic E-state index is -0.767. The van der Waals surface area contributed by atoms with E-state index in [-0.39, 0.29) is 52.8 Å². The Hall–Kier alpha value is -4.36. The van der Waals surface area contributed by atoms with Crippen LogP contribution in [0.25, 0.3) is 33.1 Å². The van der Waals surface area contributed by atoms with Crippen molar-refractivity contribution in [3.63, 3.8) is 0 Å². The highest BCUT2D eigenvalue weighted by atomic mass is 35.5. The molecule has 0 amide bonds. The lowest BCUT2D eigenvalue weighted by Gasteiger charge is -2.37. The van der Waals surface area contributed by atoms with Crippen LogP contribution in [0.2, 0.25) is 5.02 Å². The Kier molecular flexibility index (Phi) is 6.66. The first-order valence-electron chi connectivity index (χ1n) is 14.0. The van der Waals surface area contributed by atoms with Crippen molar-refractivity contribution in [1.29, 1.82) is 0 Å². The van der Waals surface area contributed by atoms with Crippen molar-refractivity contribution in [3.05, 3.63) is 62.7 Å². The Morgan fingerprint density at radius 1 is 1.23 bits per heavy atom. The molecular formula is C29H28ClF2N9O2. The van der Waals surface area contributed by atoms with E-state index in [0.717, 1.165) is 37.6 Å². The number of halogens is 3. The number of nitrogens with two attached hydrogens (primary N) is 1. The van der Waals surface area contributed by atoms with Gasteiger partial charge in [0.25, 0.3) is 5.56 Å². The molecule has 5 heterocycles. The van der Waals surface area contributed by atoms with Crippen molar-refractivity contribution in [3.8, 4) is 17.3 Å². The second kappa shape index (κ2) is 10.4. The lowest BCUT2D eigenvalue weighted by atomic mass is 9.95. The molecule has 11 nitrogen and oxygen atoms in total. The molecule has 1 saturated carbocycles. The number of H-pyrrole nitrogens is 2. The molecule has 4 aromatic heterocycles. The van der Waals surface area contributed by atoms with Gasteiger partial charge in [0.1, 0.15) is 35.0 Å². The number of likely N-dealkylation sites (tertiary alicyclic amines) is 1. The summed E-state index contributed by atoms with van der Waals surface area (Å²) >= 11 is 6.69. The van der Waals surface area contributed by atoms with Gasteiger partial charge in [-0.15, -0.1) is 0 Å². The molecule has 5 N–H and O–H groups in total. The summed E-state index contributed by atoms with van der Waals surface area (Å²) < 4.78 is 36.7. The molecule has 0 radical (unpaired) electrons. The molecule has 2 aliphatic rings. The number of nitrogens with one attached hydrogen (secondary N) is 3. The van der Waals surface area contributed by atoms with Gasteiger partial charge in [0.15, 0.2) is 5.82 Å². The van der Waals surface area contributed by atoms with Crippen LogP contribution in [0.4, 0.5) is 20.4 Å². The molecule has 0 bridgehead atoms. The third-order valence-corrected chi connectivity index (χ3v) is 8.64. The first-order chi connectivity index (χ1) is 20.7. The normalized spacial score (nSPS) is 17.7. The number of hydrogen-bond donors (Lipinski definition) is 4. The van der Waals surface area contributed by atoms with E-state index in [1.54, 1.807) is 19.2 Å². The Bertz CT molecular complexity index is 1960. The maximum atomic E-state index is 16.7. The third-order valence-electron chi connectivity index (χ3n) is 8.33. The molecule has 0 spiro atoms. The van der Waals surface area contributed by atoms with Gasteiger partial charge in [-0.2, -0.15) is 15.1 Å². The standard InChI is InChI=1S/C29H28ClF2N9O2/c1-12(16-7-14(31)9-34-26(16)33)36-27-22-25(38-29(39-27)43-11-15-5-6-41(15)2)23(32)24(37-28(22)42)21-17-10-35-40-19(17)8-18(30)20(21)13-3-4-13/h7-10,12-13,15H,3-6,11H2,1-2H3,(H2,33,34)(H,35,40)(H,37,42)(H,36,38,39)/t12?,15-/m0/s1. The molecule has 222 valence electrons. The number of likely N-dealkylation sites (N-methyl/N-ethyl adjacent to an activating group) is 1. The zero-order valence-corrected chi connectivity index (χ0v) is 24.1. The van der Waals surface area contributed by atoms with E-state index in [1.807, 2.05) is 7.05 Å². The lowest BCUT2D eigenvalue weighted by Crippen LogP contribution is -2.48. The van der Waals surface area contributed by atoms with E-state index in [1.165, 1.54) is 6.07 Å². The Morgan fingerprint density at radius 2 is 2.05 bits per heavy atom. The van der Waals surface area contributed by atoms with Gasteiger partial charge >= 0.3 is 6.01 Å². The number of nitrogens with zero attached hydrogens (tertiary/aromatic N) is 5. The van der Waals surface area contributed by atoms with Gasteiger partial charge in [0.2, 0.25) is 0 Å². The summed E-state index contributed by atoms with van der Waals surface area (Å²) in [5.41, 5.74) is 7.27. The SMILES string of the molecule is CC(Nc1nc(OC[C@@H]2CCN2C)nc2c(F)c(-c3c(C4CC4)c(Cl)cc4[nH]ncc34)[nH]c(=O)c12)c1cc(F)cnc1N. The molecule has 14 heteroatoms. The van der Waals surface area contributed by atoms with Crippen LogP contribution in [0.1, 0.15) is 49.3 Å². The number of benzene rings is 1. The smallest absolute Gasteiger partial charge is 0.319 e. The highest BCUT2D eigenvalue weighted by Gasteiger charge is 2.33. The molecule has 1 saturated heterocycles. The van der Waals surface area contributed by atoms with Gasteiger partial charge in [-0.3, -0.25) is 14.8 Å². The second-order valence-corrected chi connectivity index (χ2v) is 11.6. The van der Waals surface area contributed by atoms with Gasteiger partial charge in [-0.05, 0) is 63.4 Å². The number of pyridine rings is 2. The van der Waals surface area contributed by atoms with Crippen LogP contribution in [0.5, 0.6) is 6.01 Å². The molecule has 43 heavy (non-hydrogen) atoms. The first kappa shape index (κ1) is 27.5. The van der Waals surface area contributed by atoms with Crippen LogP contribution in [0.3, 0.4) is 0 Å². The van der Waals surface area contributed by atoms with Crippen LogP contribution < -0.4 is 21.3 Å². The fourth-order valence-electron chi connectivity index (χ4n) is 5.67. The summed E-state index contributed by atoms with van der Waals surface area (Å²) in [6.45, 7) is 2.93. The number of ether oxygens (including phenoxy) is 1. The summed E-state index contributed by atoms with van der Waals surface area (Å²) in [4.78, 5) is 31.4. The maximum absolute atomic E-state index is 16.7. The fourth-order valence-corrected chi connectivity index (χ4v) is 6.02. The average molecular weight is 608 g/mol. The van der Waals surface area contributed by atoms with Crippen LogP contribution in [0.15, 0.2) is 29.3 Å². The van der Waals surface area contributed by atoms with E-state index < -0.39 is 23.2 Å². The first-order valence-corrected chi connectivity index (χ1v) is 14.4. The van der Waals surface area contributed by atoms with Crippen LogP contribution >= 0.6 is 11.6 Å². The van der Waals surface area contributed by atoms with E-state index in [2.05, 4.69) is 40.3 Å². The lowest BCUT2D eigenvalue weighted by molar-refractivity contribution is 0.0732. The van der Waals surface area contributed by atoms with E-state index >= 15 is 4.39 Å². The molecule has 7 rings (SSSR count). The van der Waals surface area contributed by atoms with E-state index in [4.69, 9.17) is 22.1 Å². The van der Waals surface area contributed by atoms with Gasteiger partial charge < -0.3 is 20.8 Å². The van der Waals surface area contributed by atoms with Crippen LogP contribution in [-0.4, -0.2) is 61.3 Å². The van der Waals surface area contributed by atoms with Crippen molar-refractivity contribution in [2.24, 2.45) is 0 Å². The zero-order valence-electron chi connectivity index (χ0n) is 23.3. The largest absolute Gasteiger partial charge is 0.462 e. The van der Waals surface area contributed by atoms with Gasteiger partial charge in [0, 0.05) is 27.6 Å². The van der Waals surface area contributed by atoms with Crippen molar-refractivity contribution in [2.45, 2.75) is 44.2 Å². The fraction of sp³-hybridized carbons (Fsp3) is 0.345. The minimum Gasteiger partial charge on any atom is -0.462 e. The number of hydrogen-bond acceptors (Lipinski definition) is 9. The number of aromatic nitrogens is 6. The summed E-state index contributed by atoms with van der Waals surface area (Å²) in [7, 11) is 1.98. The molecular weight excluding hydrogens is 580 g/mol. The summed E-state index contributed by atoms with van der Waals surface area (Å²) in [5, 5.41) is 11.1. The Morgan fingerprint density at radius 3 is 2.77 bits per heavy atom. The summed E-state index contributed by atoms with van der Waals surface area (Å²) in [5.74, 6) is -1.10. The molecule has 5 aromatic rings. The third kappa shape index (κ3) is 4.82. The van der Waals surface area contributed by atoms with Gasteiger partial charge in [-0.1, -0.05) is 11.6 Å². The van der Waals surface area contributed by atoms with E-state index in [9.17, 15) is 9.18 Å². The molecule has 2 fully saturated rings. The minimum absolute atomic E-state index is 0.00629. The number of aromatic amines is 2. The van der Waals surface area contributed by atoms with Crippen LogP contribution in [-0.2, 0) is 0 Å². The summed E-state index contributed by atoms with van der Waals surface area (Å²) in [6.07, 6.45) is 5.34. The molecule has 2 atom stereocenters. The highest BCUT2D eigenvalue weighted by molar-refractivity contribution is 6.33. The number of fused-ring (bicyclic) bond motifs is 2. The molecule has 1 unspecified atom stereocenters. The Labute approximate surface area is 248 Å². The zero-order chi connectivity index (χ0) is 30.0. The number of anilines is 2. The van der Waals surface area contributed by atoms with Gasteiger partial charge in [0.05, 0.1) is 29.6 Å².